The Hall–Kier alpha value is -13.3. The van der Waals surface area contributed by atoms with E-state index in [1.165, 1.54) is 115 Å². The van der Waals surface area contributed by atoms with Crippen LogP contribution in [0.25, 0.3) is 0 Å². The van der Waals surface area contributed by atoms with Crippen LogP contribution in [0.15, 0.2) is 195 Å². The van der Waals surface area contributed by atoms with Gasteiger partial charge in [0.25, 0.3) is 0 Å². The third kappa shape index (κ3) is 26.7. The van der Waals surface area contributed by atoms with Crippen molar-refractivity contribution in [1.29, 1.82) is 0 Å². The van der Waals surface area contributed by atoms with Crippen LogP contribution in [-0.2, 0) is 38.4 Å². The van der Waals surface area contributed by atoms with E-state index in [4.69, 9.17) is 29.4 Å². The van der Waals surface area contributed by atoms with Crippen LogP contribution in [0.2, 0.25) is 0 Å². The van der Waals surface area contributed by atoms with Crippen molar-refractivity contribution < 1.29 is 86.0 Å². The molecular weight excluding hydrogens is 1500 g/mol. The molecule has 29 nitrogen and oxygen atoms in total. The third-order valence-electron chi connectivity index (χ3n) is 18.6. The standard InChI is InChI=1S/3C20H21FN4O3.C12H16FN.C8H7N3O4.CH3F/c3*1-20(21)8-7-16(13-5-3-2-4-6-13)25(12-20)19(28)18(27)24-15-9-14(17(22)26)10-23-11-15;1-12(13)8-7-11(14-9-12)10-5-3-2-4-6-10;9-6(12)4-1-5(3-10-2-4)11-7(13)8(14)15;1-2/h3*2-6,9-11,16H,7-8,12H2,1H3,(H2,22,26)(H,24,27);2-6,11,14H,7-9H2,1H3;1-3H,(H2,9,12)(H,11,13)(H,14,15);1H3/t2*16-,20+;16-,20-;11-,12-;;/m1000../s1/i;;;;;1D. The van der Waals surface area contributed by atoms with Crippen LogP contribution in [-0.4, -0.2) is 167 Å². The summed E-state index contributed by atoms with van der Waals surface area (Å²) in [4.78, 5) is 160. The van der Waals surface area contributed by atoms with E-state index >= 15 is 0 Å². The molecule has 0 unspecified atom stereocenters. The number of carboxylic acid groups (broad SMARTS) is 1. The van der Waals surface area contributed by atoms with Gasteiger partial charge in [-0.1, -0.05) is 121 Å². The largest absolute Gasteiger partial charge is 0.474 e. The van der Waals surface area contributed by atoms with E-state index in [0.717, 1.165) is 23.1 Å². The maximum atomic E-state index is 14.6. The van der Waals surface area contributed by atoms with Crippen molar-refractivity contribution in [3.63, 3.8) is 0 Å². The molecular formula is C81H89F5N16O13. The number of aromatic nitrogens is 4. The number of piperidine rings is 4. The Kier molecular flexibility index (Phi) is 31.0. The number of rotatable bonds is 12. The highest BCUT2D eigenvalue weighted by Crippen LogP contribution is 2.40. The molecule has 8 atom stereocenters. The number of carboxylic acids is 1. The molecule has 4 aromatic heterocycles. The molecule has 115 heavy (non-hydrogen) atoms. The fraction of sp³-hybridized carbons (Fsp3) is 0.309. The second-order valence-corrected chi connectivity index (χ2v) is 28.2. The average Bonchev–Trinajstić information content (AvgIpc) is 0.812. The number of primary amides is 4. The molecule has 4 aliphatic rings. The van der Waals surface area contributed by atoms with Gasteiger partial charge in [-0.2, -0.15) is 0 Å². The first-order valence-corrected chi connectivity index (χ1v) is 35.8. The average molecular weight is 1590 g/mol. The zero-order chi connectivity index (χ0) is 85.1. The van der Waals surface area contributed by atoms with Gasteiger partial charge in [-0.05, 0) is 126 Å². The number of nitrogens with zero attached hydrogens (tertiary/aromatic N) is 7. The van der Waals surface area contributed by atoms with Crippen molar-refractivity contribution in [2.45, 2.75) is 126 Å². The summed E-state index contributed by atoms with van der Waals surface area (Å²) in [7, 11) is -1.00. The fourth-order valence-electron chi connectivity index (χ4n) is 12.8. The van der Waals surface area contributed by atoms with Crippen LogP contribution in [0, 0.1) is 0 Å². The lowest BCUT2D eigenvalue weighted by Gasteiger charge is -2.41. The molecule has 12 rings (SSSR count). The summed E-state index contributed by atoms with van der Waals surface area (Å²) in [6.07, 6.45) is 13.7. The van der Waals surface area contributed by atoms with Gasteiger partial charge in [0, 0.05) is 37.4 Å². The Labute approximate surface area is 660 Å². The zero-order valence-electron chi connectivity index (χ0n) is 64.2. The molecule has 4 aliphatic heterocycles. The molecule has 606 valence electrons. The Bertz CT molecular complexity index is 4430. The van der Waals surface area contributed by atoms with Gasteiger partial charge in [-0.3, -0.25) is 77.1 Å². The summed E-state index contributed by atoms with van der Waals surface area (Å²) < 4.78 is 72.8. The lowest BCUT2D eigenvalue weighted by atomic mass is 9.88. The van der Waals surface area contributed by atoms with Crippen LogP contribution < -0.4 is 49.5 Å². The lowest BCUT2D eigenvalue weighted by molar-refractivity contribution is -0.148. The molecule has 14 N–H and O–H groups in total. The maximum absolute atomic E-state index is 14.6. The highest BCUT2D eigenvalue weighted by Gasteiger charge is 2.44. The fourth-order valence-corrected chi connectivity index (χ4v) is 12.8. The summed E-state index contributed by atoms with van der Waals surface area (Å²) >= 11 is 0. The number of pyridine rings is 4. The van der Waals surface area contributed by atoms with Crippen LogP contribution in [0.3, 0.4) is 0 Å². The highest BCUT2D eigenvalue weighted by atomic mass is 19.2. The Morgan fingerprint density at radius 1 is 0.400 bits per heavy atom. The number of benzene rings is 4. The van der Waals surface area contributed by atoms with Gasteiger partial charge >= 0.3 is 47.3 Å². The Balaban J connectivity index is 0.000000204. The molecule has 0 bridgehead atoms. The molecule has 0 saturated carbocycles. The summed E-state index contributed by atoms with van der Waals surface area (Å²) in [6.45, 7) is 5.86. The van der Waals surface area contributed by atoms with Gasteiger partial charge in [0.2, 0.25) is 23.6 Å². The van der Waals surface area contributed by atoms with E-state index in [-0.39, 0.29) is 64.6 Å². The number of anilines is 4. The number of hydrogen-bond donors (Lipinski definition) is 10. The van der Waals surface area contributed by atoms with E-state index in [2.05, 4.69) is 53.3 Å². The SMILES string of the molecule is C[C@@]1(F)CC[C@@H](c2ccccc2)N(C(=O)C(=O)Nc2cncc(C(N)=O)c2)C1.C[C@]1(F)CC[C@@H](c2ccccc2)N(C(=O)C(=O)Nc2cncc(C(N)=O)c2)C1.C[C@]1(F)CC[C@@H](c2ccccc2)NC1.C[C@]1(F)CC[C@H](c2ccccc2)N(C(=O)C(=O)Nc2cncc(C(N)=O)c2)C1.NC(=O)c1cncc(NC(=O)C(=O)O)c1.[2H]CF. The molecule has 4 aromatic carbocycles. The number of nitrogens with two attached hydrogens (primary N) is 4. The molecule has 8 aromatic rings. The van der Waals surface area contributed by atoms with E-state index in [1.54, 1.807) is 6.92 Å². The normalized spacial score (nSPS) is 21.3. The molecule has 4 saturated heterocycles. The second-order valence-electron chi connectivity index (χ2n) is 28.2. The number of likely N-dealkylation sites (tertiary alicyclic amines) is 3. The Morgan fingerprint density at radius 3 is 0.878 bits per heavy atom. The molecule has 8 heterocycles. The molecule has 34 heteroatoms. The van der Waals surface area contributed by atoms with Gasteiger partial charge in [0.1, 0.15) is 22.7 Å². The Morgan fingerprint density at radius 2 is 0.643 bits per heavy atom. The predicted octanol–water partition coefficient (Wildman–Crippen LogP) is 9.26. The van der Waals surface area contributed by atoms with Crippen LogP contribution >= 0.6 is 0 Å². The number of alkyl halides is 5. The lowest BCUT2D eigenvalue weighted by Crippen LogP contribution is -2.51. The smallest absolute Gasteiger partial charge is 0.394 e. The number of nitrogens with one attached hydrogen (secondary N) is 5. The maximum Gasteiger partial charge on any atom is 0.394 e. The minimum Gasteiger partial charge on any atom is -0.474 e. The van der Waals surface area contributed by atoms with Gasteiger partial charge in [0.15, 0.2) is 0 Å². The molecule has 0 aliphatic carbocycles. The van der Waals surface area contributed by atoms with Crippen LogP contribution in [0.5, 0.6) is 0 Å². The molecule has 0 spiro atoms. The van der Waals surface area contributed by atoms with Crippen molar-refractivity contribution in [1.82, 2.24) is 40.0 Å². The van der Waals surface area contributed by atoms with Crippen molar-refractivity contribution in [2.75, 3.05) is 54.6 Å². The van der Waals surface area contributed by atoms with Crippen molar-refractivity contribution in [3.05, 3.63) is 240 Å². The minimum absolute atomic E-state index is 0.0817. The molecule has 0 radical (unpaired) electrons. The topological polar surface area (TPSA) is 451 Å². The van der Waals surface area contributed by atoms with Crippen molar-refractivity contribution in [2.24, 2.45) is 22.9 Å². The van der Waals surface area contributed by atoms with Gasteiger partial charge in [-0.25, -0.2) is 22.4 Å². The minimum atomic E-state index is -1.63. The summed E-state index contributed by atoms with van der Waals surface area (Å²) in [6, 6.07) is 42.3. The van der Waals surface area contributed by atoms with Crippen LogP contribution in [0.1, 0.15) is 168 Å². The zero-order valence-corrected chi connectivity index (χ0v) is 63.2. The first-order chi connectivity index (χ1) is 54.9. The molecule has 11 amide bonds. The molecule has 4 fully saturated rings. The van der Waals surface area contributed by atoms with Gasteiger partial charge < -0.3 is 69.3 Å². The van der Waals surface area contributed by atoms with E-state index in [0.29, 0.717) is 57.5 Å². The predicted molar refractivity (Wildman–Crippen MR) is 415 cm³/mol. The van der Waals surface area contributed by atoms with Gasteiger partial charge in [-0.15, -0.1) is 0 Å². The quantitative estimate of drug-likeness (QED) is 0.0402. The third-order valence-corrected chi connectivity index (χ3v) is 18.6. The van der Waals surface area contributed by atoms with Crippen molar-refractivity contribution in [3.8, 4) is 0 Å². The number of amides is 11. The van der Waals surface area contributed by atoms with Crippen LogP contribution in [0.4, 0.5) is 44.7 Å². The summed E-state index contributed by atoms with van der Waals surface area (Å²) in [5.74, 6) is -11.0. The van der Waals surface area contributed by atoms with Gasteiger partial charge in [0.05, 0.1) is 116 Å². The van der Waals surface area contributed by atoms with Crippen molar-refractivity contribution >= 4 is 93.7 Å². The number of hydrogen-bond acceptors (Lipinski definition) is 17. The first-order valence-electron chi connectivity index (χ1n) is 36.5. The van der Waals surface area contributed by atoms with E-state index < -0.39 is 119 Å². The van der Waals surface area contributed by atoms with E-state index in [1.807, 2.05) is 115 Å². The highest BCUT2D eigenvalue weighted by molar-refractivity contribution is 6.41. The number of aliphatic carboxylic acids is 1. The summed E-state index contributed by atoms with van der Waals surface area (Å²) in [5, 5.41) is 20.8. The monoisotopic (exact) mass is 1590 g/mol. The summed E-state index contributed by atoms with van der Waals surface area (Å²) in [5.41, 5.74) is 19.5. The van der Waals surface area contributed by atoms with E-state index in [9.17, 15) is 79.5 Å². The number of carbonyl (C=O) groups excluding carboxylic acids is 11. The number of halogens is 5. The first kappa shape index (κ1) is 87.3. The number of carbonyl (C=O) groups is 12. The second kappa shape index (κ2) is 40.8.